The van der Waals surface area contributed by atoms with Crippen molar-refractivity contribution in [2.24, 2.45) is 0 Å². The molecule has 1 rings (SSSR count). The van der Waals surface area contributed by atoms with Crippen LogP contribution in [-0.2, 0) is 14.3 Å². The topological polar surface area (TPSA) is 83.9 Å². The predicted molar refractivity (Wildman–Crippen MR) is 30.7 cm³/mol. The highest BCUT2D eigenvalue weighted by atomic mass is 16.6. The SMILES string of the molecule is O=C(O)C(=O)N1CCOC1=O. The van der Waals surface area contributed by atoms with Crippen molar-refractivity contribution in [3.63, 3.8) is 0 Å². The second-order valence-corrected chi connectivity index (χ2v) is 1.88. The number of ether oxygens (including phenoxy) is 1. The number of amides is 2. The molecule has 1 saturated heterocycles. The lowest BCUT2D eigenvalue weighted by molar-refractivity contribution is -0.153. The molecule has 0 spiro atoms. The maximum absolute atomic E-state index is 10.6. The van der Waals surface area contributed by atoms with Crippen LogP contribution in [0.2, 0.25) is 0 Å². The van der Waals surface area contributed by atoms with Gasteiger partial charge in [-0.3, -0.25) is 4.79 Å². The third-order valence-corrected chi connectivity index (χ3v) is 1.19. The Balaban J connectivity index is 2.67. The fraction of sp³-hybridized carbons (Fsp3) is 0.400. The number of cyclic esters (lactones) is 1. The van der Waals surface area contributed by atoms with Gasteiger partial charge in [0.2, 0.25) is 0 Å². The van der Waals surface area contributed by atoms with Crippen LogP contribution in [0.15, 0.2) is 0 Å². The van der Waals surface area contributed by atoms with Gasteiger partial charge in [-0.2, -0.15) is 0 Å². The lowest BCUT2D eigenvalue weighted by Crippen LogP contribution is -2.36. The monoisotopic (exact) mass is 159 g/mol. The Morgan fingerprint density at radius 2 is 2.18 bits per heavy atom. The minimum Gasteiger partial charge on any atom is -0.474 e. The molecule has 6 nitrogen and oxygen atoms in total. The highest BCUT2D eigenvalue weighted by molar-refractivity contribution is 6.34. The third-order valence-electron chi connectivity index (χ3n) is 1.19. The van der Waals surface area contributed by atoms with E-state index in [2.05, 4.69) is 4.74 Å². The van der Waals surface area contributed by atoms with E-state index in [1.165, 1.54) is 0 Å². The number of hydrogen-bond donors (Lipinski definition) is 1. The molecule has 2 amide bonds. The van der Waals surface area contributed by atoms with E-state index in [0.717, 1.165) is 0 Å². The molecule has 60 valence electrons. The number of aliphatic carboxylic acids is 1. The molecule has 1 heterocycles. The molecule has 0 saturated carbocycles. The van der Waals surface area contributed by atoms with Gasteiger partial charge in [0.15, 0.2) is 0 Å². The zero-order valence-corrected chi connectivity index (χ0v) is 5.44. The summed E-state index contributed by atoms with van der Waals surface area (Å²) in [5, 5.41) is 8.16. The summed E-state index contributed by atoms with van der Waals surface area (Å²) < 4.78 is 4.34. The van der Waals surface area contributed by atoms with Crippen LogP contribution in [0.4, 0.5) is 4.79 Å². The second kappa shape index (κ2) is 2.57. The Morgan fingerprint density at radius 1 is 1.55 bits per heavy atom. The minimum atomic E-state index is -1.65. The first-order valence-electron chi connectivity index (χ1n) is 2.84. The van der Waals surface area contributed by atoms with Crippen molar-refractivity contribution < 1.29 is 24.2 Å². The van der Waals surface area contributed by atoms with Crippen molar-refractivity contribution in [3.05, 3.63) is 0 Å². The van der Waals surface area contributed by atoms with Crippen LogP contribution in [0.5, 0.6) is 0 Å². The zero-order valence-electron chi connectivity index (χ0n) is 5.44. The van der Waals surface area contributed by atoms with E-state index < -0.39 is 18.0 Å². The second-order valence-electron chi connectivity index (χ2n) is 1.88. The van der Waals surface area contributed by atoms with E-state index >= 15 is 0 Å². The number of nitrogens with zero attached hydrogens (tertiary/aromatic N) is 1. The Morgan fingerprint density at radius 3 is 2.55 bits per heavy atom. The number of carboxylic acid groups (broad SMARTS) is 1. The lowest BCUT2D eigenvalue weighted by Gasteiger charge is -2.04. The molecule has 11 heavy (non-hydrogen) atoms. The number of imide groups is 1. The molecule has 1 fully saturated rings. The van der Waals surface area contributed by atoms with Crippen LogP contribution in [0.3, 0.4) is 0 Å². The maximum Gasteiger partial charge on any atom is 0.417 e. The van der Waals surface area contributed by atoms with Gasteiger partial charge in [-0.1, -0.05) is 0 Å². The van der Waals surface area contributed by atoms with Crippen molar-refractivity contribution in [1.29, 1.82) is 0 Å². The molecule has 6 heteroatoms. The summed E-state index contributed by atoms with van der Waals surface area (Å²) in [6, 6.07) is 0. The molecule has 0 aromatic carbocycles. The quantitative estimate of drug-likeness (QED) is 0.460. The Kier molecular flexibility index (Phi) is 1.75. The number of carboxylic acids is 1. The molecule has 1 aliphatic rings. The molecule has 0 radical (unpaired) electrons. The van der Waals surface area contributed by atoms with E-state index in [1.807, 2.05) is 0 Å². The molecule has 0 aliphatic carbocycles. The maximum atomic E-state index is 10.6. The van der Waals surface area contributed by atoms with E-state index in [4.69, 9.17) is 5.11 Å². The minimum absolute atomic E-state index is 0.0178. The first-order valence-corrected chi connectivity index (χ1v) is 2.84. The van der Waals surface area contributed by atoms with Gasteiger partial charge in [0.1, 0.15) is 6.61 Å². The van der Waals surface area contributed by atoms with Gasteiger partial charge in [0.05, 0.1) is 6.54 Å². The van der Waals surface area contributed by atoms with E-state index in [1.54, 1.807) is 0 Å². The average molecular weight is 159 g/mol. The molecule has 0 aromatic heterocycles. The van der Waals surface area contributed by atoms with Crippen molar-refractivity contribution in [3.8, 4) is 0 Å². The third kappa shape index (κ3) is 1.28. The van der Waals surface area contributed by atoms with Crippen LogP contribution in [0.25, 0.3) is 0 Å². The molecule has 0 aromatic rings. The summed E-state index contributed by atoms with van der Waals surface area (Å²) in [7, 11) is 0. The zero-order chi connectivity index (χ0) is 8.43. The van der Waals surface area contributed by atoms with Gasteiger partial charge in [-0.15, -0.1) is 0 Å². The van der Waals surface area contributed by atoms with E-state index in [9.17, 15) is 14.4 Å². The predicted octanol–water partition coefficient (Wildman–Crippen LogP) is -0.950. The van der Waals surface area contributed by atoms with Crippen LogP contribution in [0.1, 0.15) is 0 Å². The first-order chi connectivity index (χ1) is 5.13. The van der Waals surface area contributed by atoms with E-state index in [-0.39, 0.29) is 13.2 Å². The van der Waals surface area contributed by atoms with Crippen molar-refractivity contribution in [2.75, 3.05) is 13.2 Å². The Labute approximate surface area is 61.3 Å². The van der Waals surface area contributed by atoms with Gasteiger partial charge in [-0.05, 0) is 0 Å². The van der Waals surface area contributed by atoms with Crippen molar-refractivity contribution >= 4 is 18.0 Å². The number of hydrogen-bond acceptors (Lipinski definition) is 4. The summed E-state index contributed by atoms with van der Waals surface area (Å²) in [5.74, 6) is -2.89. The summed E-state index contributed by atoms with van der Waals surface area (Å²) in [5.41, 5.74) is 0. The smallest absolute Gasteiger partial charge is 0.417 e. The van der Waals surface area contributed by atoms with Gasteiger partial charge >= 0.3 is 18.0 Å². The van der Waals surface area contributed by atoms with Crippen LogP contribution in [-0.4, -0.2) is 41.1 Å². The molecule has 0 bridgehead atoms. The Hall–Kier alpha value is -1.59. The van der Waals surface area contributed by atoms with Gasteiger partial charge in [0.25, 0.3) is 0 Å². The standard InChI is InChI=1S/C5H5NO5/c7-3(4(8)9)6-1-2-11-5(6)10/h1-2H2,(H,8,9). The highest BCUT2D eigenvalue weighted by Crippen LogP contribution is 2.02. The Bertz CT molecular complexity index is 223. The number of rotatable bonds is 0. The highest BCUT2D eigenvalue weighted by Gasteiger charge is 2.32. The first kappa shape index (κ1) is 7.52. The number of carbonyl (C=O) groups excluding carboxylic acids is 2. The average Bonchev–Trinajstić information content (AvgIpc) is 2.33. The fourth-order valence-electron chi connectivity index (χ4n) is 0.693. The molecule has 0 atom stereocenters. The normalized spacial score (nSPS) is 16.4. The van der Waals surface area contributed by atoms with Crippen LogP contribution in [0, 0.1) is 0 Å². The summed E-state index contributed by atoms with van der Waals surface area (Å²) >= 11 is 0. The number of carbonyl (C=O) groups is 3. The fourth-order valence-corrected chi connectivity index (χ4v) is 0.693. The molecular formula is C5H5NO5. The summed E-state index contributed by atoms with van der Waals surface area (Å²) in [6.45, 7) is 0.0851. The molecule has 0 unspecified atom stereocenters. The molecule has 1 aliphatic heterocycles. The van der Waals surface area contributed by atoms with Crippen molar-refractivity contribution in [2.45, 2.75) is 0 Å². The lowest BCUT2D eigenvalue weighted by atomic mass is 10.5. The van der Waals surface area contributed by atoms with E-state index in [0.29, 0.717) is 4.90 Å². The van der Waals surface area contributed by atoms with Crippen LogP contribution >= 0.6 is 0 Å². The summed E-state index contributed by atoms with van der Waals surface area (Å²) in [4.78, 5) is 31.7. The van der Waals surface area contributed by atoms with Gasteiger partial charge in [-0.25, -0.2) is 14.5 Å². The van der Waals surface area contributed by atoms with Crippen molar-refractivity contribution in [1.82, 2.24) is 4.90 Å². The van der Waals surface area contributed by atoms with Gasteiger partial charge < -0.3 is 9.84 Å². The summed E-state index contributed by atoms with van der Waals surface area (Å²) in [6.07, 6.45) is -0.891. The van der Waals surface area contributed by atoms with Crippen LogP contribution < -0.4 is 0 Å². The largest absolute Gasteiger partial charge is 0.474 e. The molecular weight excluding hydrogens is 154 g/mol. The molecule has 1 N–H and O–H groups in total. The van der Waals surface area contributed by atoms with Gasteiger partial charge in [0, 0.05) is 0 Å².